The summed E-state index contributed by atoms with van der Waals surface area (Å²) in [6.45, 7) is 2.84. The standard InChI is InChI=1S/C15H19N3O3/c1-15(2,14(20)21)18-13(19)11(16)7-9-8-17-12-6-4-3-5-10(9)12/h3-6,8,11,17H,7,16H2,1-2H3,(H,18,19)(H,20,21). The van der Waals surface area contributed by atoms with Gasteiger partial charge in [0.1, 0.15) is 5.54 Å². The van der Waals surface area contributed by atoms with Gasteiger partial charge < -0.3 is 21.1 Å². The van der Waals surface area contributed by atoms with E-state index in [1.54, 1.807) is 0 Å². The van der Waals surface area contributed by atoms with Crippen molar-refractivity contribution in [3.05, 3.63) is 36.0 Å². The Bertz CT molecular complexity index is 676. The number of carboxylic acid groups (broad SMARTS) is 1. The summed E-state index contributed by atoms with van der Waals surface area (Å²) in [5.74, 6) is -1.58. The van der Waals surface area contributed by atoms with Gasteiger partial charge in [0, 0.05) is 17.1 Å². The molecule has 21 heavy (non-hydrogen) atoms. The molecule has 0 saturated heterocycles. The molecule has 0 fully saturated rings. The number of nitrogens with two attached hydrogens (primary N) is 1. The van der Waals surface area contributed by atoms with E-state index < -0.39 is 23.5 Å². The maximum absolute atomic E-state index is 12.0. The van der Waals surface area contributed by atoms with E-state index in [0.717, 1.165) is 16.5 Å². The Morgan fingerprint density at radius 2 is 2.05 bits per heavy atom. The lowest BCUT2D eigenvalue weighted by Crippen LogP contribution is -2.55. The molecule has 112 valence electrons. The van der Waals surface area contributed by atoms with E-state index in [9.17, 15) is 9.59 Å². The van der Waals surface area contributed by atoms with E-state index in [4.69, 9.17) is 10.8 Å². The number of benzene rings is 1. The third-order valence-electron chi connectivity index (χ3n) is 3.42. The highest BCUT2D eigenvalue weighted by Crippen LogP contribution is 2.18. The van der Waals surface area contributed by atoms with E-state index in [-0.39, 0.29) is 0 Å². The molecule has 6 heteroatoms. The zero-order valence-corrected chi connectivity index (χ0v) is 12.0. The van der Waals surface area contributed by atoms with Gasteiger partial charge in [-0.15, -0.1) is 0 Å². The quantitative estimate of drug-likeness (QED) is 0.659. The summed E-state index contributed by atoms with van der Waals surface area (Å²) < 4.78 is 0. The van der Waals surface area contributed by atoms with Crippen LogP contribution in [-0.2, 0) is 16.0 Å². The number of hydrogen-bond donors (Lipinski definition) is 4. The smallest absolute Gasteiger partial charge is 0.328 e. The second kappa shape index (κ2) is 5.57. The molecule has 0 spiro atoms. The van der Waals surface area contributed by atoms with Crippen LogP contribution < -0.4 is 11.1 Å². The molecule has 1 heterocycles. The van der Waals surface area contributed by atoms with E-state index in [1.807, 2.05) is 30.5 Å². The summed E-state index contributed by atoms with van der Waals surface area (Å²) in [5.41, 5.74) is 6.46. The molecular weight excluding hydrogens is 270 g/mol. The van der Waals surface area contributed by atoms with Gasteiger partial charge in [0.2, 0.25) is 5.91 Å². The summed E-state index contributed by atoms with van der Waals surface area (Å²) in [6, 6.07) is 6.93. The number of hydrogen-bond acceptors (Lipinski definition) is 3. The lowest BCUT2D eigenvalue weighted by molar-refractivity contribution is -0.146. The summed E-state index contributed by atoms with van der Waals surface area (Å²) in [7, 11) is 0. The number of rotatable bonds is 5. The number of H-pyrrole nitrogens is 1. The largest absolute Gasteiger partial charge is 0.480 e. The van der Waals surface area contributed by atoms with Crippen LogP contribution in [0.1, 0.15) is 19.4 Å². The summed E-state index contributed by atoms with van der Waals surface area (Å²) in [6.07, 6.45) is 2.16. The molecule has 2 aromatic rings. The first-order chi connectivity index (χ1) is 9.81. The highest BCUT2D eigenvalue weighted by molar-refractivity contribution is 5.90. The number of amides is 1. The molecule has 1 aromatic carbocycles. The van der Waals surface area contributed by atoms with Crippen LogP contribution in [0.15, 0.2) is 30.5 Å². The Balaban J connectivity index is 2.09. The molecule has 1 atom stereocenters. The molecule has 0 aliphatic rings. The van der Waals surface area contributed by atoms with E-state index in [0.29, 0.717) is 6.42 Å². The number of aromatic amines is 1. The van der Waals surface area contributed by atoms with Crippen molar-refractivity contribution in [2.75, 3.05) is 0 Å². The first kappa shape index (κ1) is 15.1. The predicted octanol–water partition coefficient (Wildman–Crippen LogP) is 1.02. The van der Waals surface area contributed by atoms with Crippen molar-refractivity contribution in [2.24, 2.45) is 5.73 Å². The minimum Gasteiger partial charge on any atom is -0.480 e. The number of para-hydroxylation sites is 1. The number of aromatic nitrogens is 1. The Morgan fingerprint density at radius 1 is 1.38 bits per heavy atom. The van der Waals surface area contributed by atoms with Crippen molar-refractivity contribution in [1.82, 2.24) is 10.3 Å². The Hall–Kier alpha value is -2.34. The Labute approximate surface area is 122 Å². The number of aliphatic carboxylic acids is 1. The molecular formula is C15H19N3O3. The van der Waals surface area contributed by atoms with E-state index in [1.165, 1.54) is 13.8 Å². The van der Waals surface area contributed by atoms with Crippen LogP contribution in [-0.4, -0.2) is 33.5 Å². The minimum atomic E-state index is -1.34. The lowest BCUT2D eigenvalue weighted by Gasteiger charge is -2.23. The van der Waals surface area contributed by atoms with Gasteiger partial charge in [0.25, 0.3) is 0 Å². The highest BCUT2D eigenvalue weighted by atomic mass is 16.4. The number of carboxylic acids is 1. The van der Waals surface area contributed by atoms with E-state index in [2.05, 4.69) is 10.3 Å². The SMILES string of the molecule is CC(C)(NC(=O)C(N)Cc1c[nH]c2ccccc12)C(=O)O. The second-order valence-corrected chi connectivity index (χ2v) is 5.59. The molecule has 0 bridgehead atoms. The monoisotopic (exact) mass is 289 g/mol. The molecule has 6 nitrogen and oxygen atoms in total. The summed E-state index contributed by atoms with van der Waals surface area (Å²) in [4.78, 5) is 26.1. The predicted molar refractivity (Wildman–Crippen MR) is 79.8 cm³/mol. The number of carbonyl (C=O) groups is 2. The van der Waals surface area contributed by atoms with Crippen LogP contribution in [0.3, 0.4) is 0 Å². The molecule has 0 saturated carbocycles. The summed E-state index contributed by atoms with van der Waals surface area (Å²) >= 11 is 0. The van der Waals surface area contributed by atoms with Gasteiger partial charge in [-0.1, -0.05) is 18.2 Å². The van der Waals surface area contributed by atoms with Crippen LogP contribution in [0.5, 0.6) is 0 Å². The number of nitrogens with one attached hydrogen (secondary N) is 2. The molecule has 2 rings (SSSR count). The van der Waals surface area contributed by atoms with Crippen molar-refractivity contribution in [1.29, 1.82) is 0 Å². The number of carbonyl (C=O) groups excluding carboxylic acids is 1. The first-order valence-corrected chi connectivity index (χ1v) is 6.67. The fourth-order valence-electron chi connectivity index (χ4n) is 2.08. The average molecular weight is 289 g/mol. The third kappa shape index (κ3) is 3.22. The van der Waals surface area contributed by atoms with Crippen molar-refractivity contribution in [2.45, 2.75) is 31.8 Å². The van der Waals surface area contributed by atoms with Crippen LogP contribution >= 0.6 is 0 Å². The Kier molecular flexibility index (Phi) is 3.99. The van der Waals surface area contributed by atoms with Crippen LogP contribution in [0, 0.1) is 0 Å². The lowest BCUT2D eigenvalue weighted by atomic mass is 10.0. The van der Waals surface area contributed by atoms with Gasteiger partial charge in [-0.05, 0) is 31.9 Å². The molecule has 0 aliphatic heterocycles. The normalized spacial score (nSPS) is 13.1. The molecule has 1 unspecified atom stereocenters. The van der Waals surface area contributed by atoms with E-state index >= 15 is 0 Å². The topological polar surface area (TPSA) is 108 Å². The van der Waals surface area contributed by atoms with Crippen molar-refractivity contribution >= 4 is 22.8 Å². The fourth-order valence-corrected chi connectivity index (χ4v) is 2.08. The minimum absolute atomic E-state index is 0.339. The average Bonchev–Trinajstić information content (AvgIpc) is 2.81. The van der Waals surface area contributed by atoms with Crippen LogP contribution in [0.25, 0.3) is 10.9 Å². The van der Waals surface area contributed by atoms with Crippen molar-refractivity contribution < 1.29 is 14.7 Å². The molecule has 0 aliphatic carbocycles. The summed E-state index contributed by atoms with van der Waals surface area (Å²) in [5, 5.41) is 12.5. The Morgan fingerprint density at radius 3 is 2.71 bits per heavy atom. The highest BCUT2D eigenvalue weighted by Gasteiger charge is 2.30. The molecule has 0 radical (unpaired) electrons. The van der Waals surface area contributed by atoms with Gasteiger partial charge in [0.05, 0.1) is 6.04 Å². The third-order valence-corrected chi connectivity index (χ3v) is 3.42. The zero-order chi connectivity index (χ0) is 15.6. The maximum Gasteiger partial charge on any atom is 0.328 e. The fraction of sp³-hybridized carbons (Fsp3) is 0.333. The van der Waals surface area contributed by atoms with Gasteiger partial charge in [0.15, 0.2) is 0 Å². The van der Waals surface area contributed by atoms with Crippen molar-refractivity contribution in [3.8, 4) is 0 Å². The molecule has 1 aromatic heterocycles. The molecule has 5 N–H and O–H groups in total. The van der Waals surface area contributed by atoms with Gasteiger partial charge in [-0.3, -0.25) is 4.79 Å². The first-order valence-electron chi connectivity index (χ1n) is 6.67. The van der Waals surface area contributed by atoms with Gasteiger partial charge >= 0.3 is 5.97 Å². The second-order valence-electron chi connectivity index (χ2n) is 5.59. The van der Waals surface area contributed by atoms with Gasteiger partial charge in [-0.25, -0.2) is 4.79 Å². The number of fused-ring (bicyclic) bond motifs is 1. The van der Waals surface area contributed by atoms with Crippen LogP contribution in [0.4, 0.5) is 0 Å². The zero-order valence-electron chi connectivity index (χ0n) is 12.0. The molecule has 1 amide bonds. The maximum atomic E-state index is 12.0. The van der Waals surface area contributed by atoms with Crippen molar-refractivity contribution in [3.63, 3.8) is 0 Å². The van der Waals surface area contributed by atoms with Crippen LogP contribution in [0.2, 0.25) is 0 Å². The van der Waals surface area contributed by atoms with Gasteiger partial charge in [-0.2, -0.15) is 0 Å².